The summed E-state index contributed by atoms with van der Waals surface area (Å²) in [6, 6.07) is 25.5. The highest BCUT2D eigenvalue weighted by molar-refractivity contribution is 7.92. The lowest BCUT2D eigenvalue weighted by Crippen LogP contribution is -2.15. The number of sulfone groups is 2. The molecule has 6 rings (SSSR count). The number of fused-ring (bicyclic) bond motifs is 4. The molecule has 0 N–H and O–H groups in total. The van der Waals surface area contributed by atoms with Crippen molar-refractivity contribution < 1.29 is 16.8 Å². The lowest BCUT2D eigenvalue weighted by Gasteiger charge is -2.21. The molecule has 0 aromatic heterocycles. The molecule has 0 bridgehead atoms. The molecule has 0 atom stereocenters. The highest BCUT2D eigenvalue weighted by Crippen LogP contribution is 2.36. The van der Waals surface area contributed by atoms with Crippen molar-refractivity contribution in [3.63, 3.8) is 0 Å². The van der Waals surface area contributed by atoms with Crippen LogP contribution in [0.25, 0.3) is 0 Å². The van der Waals surface area contributed by atoms with Crippen LogP contribution in [0.2, 0.25) is 0 Å². The van der Waals surface area contributed by atoms with Gasteiger partial charge in [0, 0.05) is 12.8 Å². The van der Waals surface area contributed by atoms with E-state index in [2.05, 4.69) is 0 Å². The first-order chi connectivity index (χ1) is 22.2. The second-order valence-corrected chi connectivity index (χ2v) is 12.5. The van der Waals surface area contributed by atoms with Crippen LogP contribution in [0.3, 0.4) is 0 Å². The van der Waals surface area contributed by atoms with E-state index in [4.69, 9.17) is 0 Å². The predicted octanol–water partition coefficient (Wildman–Crippen LogP) is 11.6. The summed E-state index contributed by atoms with van der Waals surface area (Å²) in [6.07, 6.45) is 1.41. The monoisotopic (exact) mass is 668 g/mol. The van der Waals surface area contributed by atoms with E-state index in [9.17, 15) is 16.8 Å². The molecule has 256 valence electrons. The van der Waals surface area contributed by atoms with Crippen LogP contribution >= 0.6 is 0 Å². The zero-order chi connectivity index (χ0) is 36.1. The number of hydrogen-bond donors (Lipinski definition) is 0. The fourth-order valence-electron chi connectivity index (χ4n) is 4.72. The molecule has 2 aliphatic heterocycles. The van der Waals surface area contributed by atoms with Crippen molar-refractivity contribution in [1.29, 1.82) is 0 Å². The van der Waals surface area contributed by atoms with Crippen LogP contribution in [0.5, 0.6) is 0 Å². The zero-order valence-electron chi connectivity index (χ0n) is 30.9. The van der Waals surface area contributed by atoms with Crippen LogP contribution in [0.4, 0.5) is 0 Å². The van der Waals surface area contributed by atoms with Gasteiger partial charge in [-0.25, -0.2) is 16.8 Å². The molecule has 0 radical (unpaired) electrons. The first-order valence-electron chi connectivity index (χ1n) is 17.0. The van der Waals surface area contributed by atoms with Crippen molar-refractivity contribution in [2.75, 3.05) is 0 Å². The van der Waals surface area contributed by atoms with Gasteiger partial charge in [-0.1, -0.05) is 149 Å². The summed E-state index contributed by atoms with van der Waals surface area (Å²) in [4.78, 5) is 1.84. The van der Waals surface area contributed by atoms with Gasteiger partial charge in [0.15, 0.2) is 0 Å². The normalized spacial score (nSPS) is 12.7. The summed E-state index contributed by atoms with van der Waals surface area (Å²) in [5.41, 5.74) is 5.77. The second-order valence-electron chi connectivity index (χ2n) is 8.74. The highest BCUT2D eigenvalue weighted by Gasteiger charge is 2.30. The molecule has 2 heterocycles. The van der Waals surface area contributed by atoms with Crippen LogP contribution in [0.15, 0.2) is 105 Å². The Labute approximate surface area is 283 Å². The van der Waals surface area contributed by atoms with Gasteiger partial charge in [-0.05, 0) is 65.9 Å². The van der Waals surface area contributed by atoms with Crippen molar-refractivity contribution >= 4 is 19.7 Å². The van der Waals surface area contributed by atoms with Gasteiger partial charge in [-0.15, -0.1) is 0 Å². The predicted molar refractivity (Wildman–Crippen MR) is 200 cm³/mol. The van der Waals surface area contributed by atoms with E-state index in [1.807, 2.05) is 139 Å². The smallest absolute Gasteiger partial charge is 0.207 e. The summed E-state index contributed by atoms with van der Waals surface area (Å²) in [6.45, 7) is 27.9. The maximum Gasteiger partial charge on any atom is 0.207 e. The van der Waals surface area contributed by atoms with Crippen molar-refractivity contribution in [3.05, 3.63) is 118 Å². The van der Waals surface area contributed by atoms with Gasteiger partial charge in [-0.2, -0.15) is 0 Å². The van der Waals surface area contributed by atoms with Gasteiger partial charge in [0.2, 0.25) is 19.7 Å². The van der Waals surface area contributed by atoms with Gasteiger partial charge >= 0.3 is 0 Å². The largest absolute Gasteiger partial charge is 0.218 e. The summed E-state index contributed by atoms with van der Waals surface area (Å²) < 4.78 is 49.7. The number of benzene rings is 4. The third kappa shape index (κ3) is 10.7. The third-order valence-corrected chi connectivity index (χ3v) is 10.3. The molecule has 0 fully saturated rings. The molecule has 0 amide bonds. The molecule has 6 heteroatoms. The van der Waals surface area contributed by atoms with E-state index < -0.39 is 19.7 Å². The average Bonchev–Trinajstić information content (AvgIpc) is 3.11. The SMILES string of the molecule is CC.CC.CC.CC.CC.CC.Cc1ccc2c(c1)Cc1ccccc1S2(=O)=O.Cc1cccc2c1Cc1ccccc1S2(=O)=O. The first-order valence-corrected chi connectivity index (χ1v) is 20.0. The van der Waals surface area contributed by atoms with Crippen LogP contribution in [-0.4, -0.2) is 16.8 Å². The Kier molecular flexibility index (Phi) is 22.6. The van der Waals surface area contributed by atoms with Crippen LogP contribution in [0, 0.1) is 13.8 Å². The zero-order valence-corrected chi connectivity index (χ0v) is 32.6. The molecule has 0 saturated heterocycles. The van der Waals surface area contributed by atoms with Crippen molar-refractivity contribution in [3.8, 4) is 0 Å². The quantitative estimate of drug-likeness (QED) is 0.161. The molecule has 46 heavy (non-hydrogen) atoms. The number of hydrogen-bond acceptors (Lipinski definition) is 4. The highest BCUT2D eigenvalue weighted by atomic mass is 32.2. The molecule has 0 aliphatic carbocycles. The minimum Gasteiger partial charge on any atom is -0.218 e. The Hall–Kier alpha value is -3.22. The average molecular weight is 669 g/mol. The lowest BCUT2D eigenvalue weighted by atomic mass is 10.00. The van der Waals surface area contributed by atoms with E-state index in [0.717, 1.165) is 33.4 Å². The van der Waals surface area contributed by atoms with E-state index in [-0.39, 0.29) is 0 Å². The van der Waals surface area contributed by atoms with Crippen LogP contribution < -0.4 is 0 Å². The minimum absolute atomic E-state index is 0.455. The molecular formula is C40H60O4S2. The molecule has 0 unspecified atom stereocenters. The molecule has 0 spiro atoms. The van der Waals surface area contributed by atoms with Crippen LogP contribution in [0.1, 0.15) is 116 Å². The molecule has 4 nitrogen and oxygen atoms in total. The Morgan fingerprint density at radius 3 is 1.30 bits per heavy atom. The number of aryl methyl sites for hydroxylation is 2. The van der Waals surface area contributed by atoms with Crippen molar-refractivity contribution in [1.82, 2.24) is 0 Å². The standard InChI is InChI=1S/2C14H12O2S.6C2H6/c1-10-5-4-8-14-12(10)9-11-6-2-3-7-13(11)17(14,15)16;1-10-6-7-14-12(8-10)9-11-4-2-3-5-13(11)17(14,15)16;6*1-2/h2*2-8H,9H2,1H3;6*1-2H3. The minimum atomic E-state index is -3.32. The fraction of sp³-hybridized carbons (Fsp3) is 0.400. The lowest BCUT2D eigenvalue weighted by molar-refractivity contribution is 0.589. The summed E-state index contributed by atoms with van der Waals surface area (Å²) in [7, 11) is -6.64. The molecule has 2 aliphatic rings. The Bertz CT molecular complexity index is 1650. The Morgan fingerprint density at radius 2 is 0.804 bits per heavy atom. The van der Waals surface area contributed by atoms with E-state index >= 15 is 0 Å². The van der Waals surface area contributed by atoms with E-state index in [1.165, 1.54) is 0 Å². The van der Waals surface area contributed by atoms with Gasteiger partial charge in [0.1, 0.15) is 0 Å². The van der Waals surface area contributed by atoms with Gasteiger partial charge in [0.25, 0.3) is 0 Å². The van der Waals surface area contributed by atoms with Crippen molar-refractivity contribution in [2.24, 2.45) is 0 Å². The van der Waals surface area contributed by atoms with Gasteiger partial charge < -0.3 is 0 Å². The first kappa shape index (κ1) is 44.9. The van der Waals surface area contributed by atoms with Crippen LogP contribution in [-0.2, 0) is 32.5 Å². The molecule has 0 saturated carbocycles. The molecule has 4 aromatic carbocycles. The molecular weight excluding hydrogens is 609 g/mol. The summed E-state index contributed by atoms with van der Waals surface area (Å²) in [5, 5.41) is 0. The third-order valence-electron chi connectivity index (χ3n) is 6.43. The van der Waals surface area contributed by atoms with Gasteiger partial charge in [0.05, 0.1) is 19.6 Å². The maximum absolute atomic E-state index is 12.4. The fourth-order valence-corrected chi connectivity index (χ4v) is 8.22. The van der Waals surface area contributed by atoms with E-state index in [1.54, 1.807) is 42.5 Å². The summed E-state index contributed by atoms with van der Waals surface area (Å²) >= 11 is 0. The maximum atomic E-state index is 12.4. The van der Waals surface area contributed by atoms with Crippen molar-refractivity contribution in [2.45, 2.75) is 129 Å². The van der Waals surface area contributed by atoms with Gasteiger partial charge in [-0.3, -0.25) is 0 Å². The Balaban J connectivity index is 0. The van der Waals surface area contributed by atoms with E-state index in [0.29, 0.717) is 32.4 Å². The summed E-state index contributed by atoms with van der Waals surface area (Å²) in [5.74, 6) is 0. The molecule has 4 aromatic rings. The Morgan fingerprint density at radius 1 is 0.413 bits per heavy atom. The topological polar surface area (TPSA) is 68.3 Å². The second kappa shape index (κ2) is 23.2. The number of rotatable bonds is 0.